The lowest BCUT2D eigenvalue weighted by atomic mass is 10.2. The van der Waals surface area contributed by atoms with Crippen LogP contribution in [-0.2, 0) is 11.3 Å². The van der Waals surface area contributed by atoms with E-state index in [4.69, 9.17) is 0 Å². The molecule has 1 aromatic carbocycles. The van der Waals surface area contributed by atoms with E-state index < -0.39 is 0 Å². The highest BCUT2D eigenvalue weighted by Gasteiger charge is 2.34. The highest BCUT2D eigenvalue weighted by molar-refractivity contribution is 8.18. The first kappa shape index (κ1) is 14.0. The lowest BCUT2D eigenvalue weighted by molar-refractivity contribution is -0.123. The summed E-state index contributed by atoms with van der Waals surface area (Å²) in [6.45, 7) is 0.159. The molecule has 106 valence electrons. The van der Waals surface area contributed by atoms with Gasteiger partial charge >= 0.3 is 0 Å². The van der Waals surface area contributed by atoms with Crippen LogP contribution in [0.1, 0.15) is 10.4 Å². The maximum absolute atomic E-state index is 12.9. The lowest BCUT2D eigenvalue weighted by Gasteiger charge is -2.12. The minimum Gasteiger partial charge on any atom is -0.268 e. The fraction of sp³-hybridized carbons (Fsp3) is 0.0667. The molecular formula is C15H10FNO2S2. The van der Waals surface area contributed by atoms with Gasteiger partial charge in [-0.05, 0) is 47.0 Å². The third kappa shape index (κ3) is 3.06. The van der Waals surface area contributed by atoms with Gasteiger partial charge in [0.1, 0.15) is 5.82 Å². The van der Waals surface area contributed by atoms with Crippen molar-refractivity contribution in [2.24, 2.45) is 0 Å². The summed E-state index contributed by atoms with van der Waals surface area (Å²) in [6.07, 6.45) is 1.72. The average Bonchev–Trinajstić information content (AvgIpc) is 3.06. The Labute approximate surface area is 129 Å². The molecule has 0 radical (unpaired) electrons. The zero-order valence-electron chi connectivity index (χ0n) is 10.8. The van der Waals surface area contributed by atoms with Gasteiger partial charge in [-0.1, -0.05) is 18.2 Å². The zero-order chi connectivity index (χ0) is 14.8. The van der Waals surface area contributed by atoms with Crippen molar-refractivity contribution in [3.63, 3.8) is 0 Å². The zero-order valence-corrected chi connectivity index (χ0v) is 12.4. The summed E-state index contributed by atoms with van der Waals surface area (Å²) in [6, 6.07) is 9.55. The number of nitrogens with zero attached hydrogens (tertiary/aromatic N) is 1. The normalized spacial score (nSPS) is 17.0. The Hall–Kier alpha value is -1.92. The topological polar surface area (TPSA) is 37.4 Å². The van der Waals surface area contributed by atoms with Crippen LogP contribution in [0, 0.1) is 5.82 Å². The molecule has 0 aliphatic carbocycles. The van der Waals surface area contributed by atoms with Gasteiger partial charge in [-0.25, -0.2) is 4.39 Å². The largest absolute Gasteiger partial charge is 0.293 e. The molecule has 0 unspecified atom stereocenters. The molecule has 3 nitrogen and oxygen atoms in total. The van der Waals surface area contributed by atoms with Gasteiger partial charge in [-0.15, -0.1) is 11.3 Å². The first-order valence-corrected chi connectivity index (χ1v) is 7.86. The van der Waals surface area contributed by atoms with Gasteiger partial charge in [0.05, 0.1) is 11.4 Å². The van der Waals surface area contributed by atoms with Crippen LogP contribution in [0.5, 0.6) is 0 Å². The third-order valence-corrected chi connectivity index (χ3v) is 4.67. The minimum atomic E-state index is -0.342. The molecule has 1 saturated heterocycles. The monoisotopic (exact) mass is 319 g/mol. The van der Waals surface area contributed by atoms with Crippen molar-refractivity contribution in [1.82, 2.24) is 4.90 Å². The van der Waals surface area contributed by atoms with Gasteiger partial charge in [0.25, 0.3) is 11.1 Å². The molecule has 0 spiro atoms. The lowest BCUT2D eigenvalue weighted by Crippen LogP contribution is -2.27. The van der Waals surface area contributed by atoms with Crippen molar-refractivity contribution in [3.05, 3.63) is 62.9 Å². The Bertz CT molecular complexity index is 708. The number of hydrogen-bond donors (Lipinski definition) is 0. The molecule has 1 aliphatic rings. The Kier molecular flexibility index (Phi) is 3.90. The Morgan fingerprint density at radius 2 is 1.90 bits per heavy atom. The van der Waals surface area contributed by atoms with Crippen LogP contribution in [0.2, 0.25) is 0 Å². The van der Waals surface area contributed by atoms with E-state index in [1.54, 1.807) is 18.2 Å². The Balaban J connectivity index is 1.79. The molecule has 2 amide bonds. The summed E-state index contributed by atoms with van der Waals surface area (Å²) in [5.74, 6) is -0.645. The number of carbonyl (C=O) groups excluding carboxylic acids is 2. The molecule has 0 atom stereocenters. The van der Waals surface area contributed by atoms with Crippen molar-refractivity contribution in [3.8, 4) is 0 Å². The van der Waals surface area contributed by atoms with Crippen LogP contribution in [-0.4, -0.2) is 16.0 Å². The van der Waals surface area contributed by atoms with Gasteiger partial charge < -0.3 is 0 Å². The summed E-state index contributed by atoms with van der Waals surface area (Å²) in [5.41, 5.74) is 0.719. The molecule has 3 rings (SSSR count). The first-order chi connectivity index (χ1) is 10.1. The number of benzene rings is 1. The van der Waals surface area contributed by atoms with Crippen LogP contribution in [0.25, 0.3) is 6.08 Å². The van der Waals surface area contributed by atoms with E-state index >= 15 is 0 Å². The summed E-state index contributed by atoms with van der Waals surface area (Å²) >= 11 is 2.44. The first-order valence-electron chi connectivity index (χ1n) is 6.17. The van der Waals surface area contributed by atoms with Gasteiger partial charge in [-0.2, -0.15) is 0 Å². The van der Waals surface area contributed by atoms with Crippen molar-refractivity contribution in [1.29, 1.82) is 0 Å². The number of imide groups is 1. The highest BCUT2D eigenvalue weighted by Crippen LogP contribution is 2.33. The number of hydrogen-bond acceptors (Lipinski definition) is 4. The number of rotatable bonds is 3. The predicted octanol–water partition coefficient (Wildman–Crippen LogP) is 4.12. The summed E-state index contributed by atoms with van der Waals surface area (Å²) in [7, 11) is 0. The van der Waals surface area contributed by atoms with Gasteiger partial charge in [0.15, 0.2) is 0 Å². The van der Waals surface area contributed by atoms with E-state index in [9.17, 15) is 14.0 Å². The van der Waals surface area contributed by atoms with Crippen LogP contribution < -0.4 is 0 Å². The minimum absolute atomic E-state index is 0.159. The number of halogens is 1. The van der Waals surface area contributed by atoms with Crippen LogP contribution in [0.4, 0.5) is 9.18 Å². The molecule has 0 saturated carbocycles. The predicted molar refractivity (Wildman–Crippen MR) is 82.2 cm³/mol. The quantitative estimate of drug-likeness (QED) is 0.799. The van der Waals surface area contributed by atoms with E-state index in [0.29, 0.717) is 4.91 Å². The highest BCUT2D eigenvalue weighted by atomic mass is 32.2. The maximum Gasteiger partial charge on any atom is 0.293 e. The van der Waals surface area contributed by atoms with Gasteiger partial charge in [0.2, 0.25) is 0 Å². The molecule has 21 heavy (non-hydrogen) atoms. The SMILES string of the molecule is O=C1S/C(=C\c2cccs2)C(=O)N1Cc1ccc(F)cc1. The second-order valence-electron chi connectivity index (χ2n) is 4.41. The van der Waals surface area contributed by atoms with Gasteiger partial charge in [0, 0.05) is 4.88 Å². The van der Waals surface area contributed by atoms with Gasteiger partial charge in [-0.3, -0.25) is 14.5 Å². The van der Waals surface area contributed by atoms with Crippen LogP contribution in [0.3, 0.4) is 0 Å². The molecule has 0 bridgehead atoms. The fourth-order valence-electron chi connectivity index (χ4n) is 1.91. The van der Waals surface area contributed by atoms with E-state index in [0.717, 1.165) is 22.2 Å². The third-order valence-electron chi connectivity index (χ3n) is 2.94. The number of amides is 2. The molecule has 2 aromatic rings. The average molecular weight is 319 g/mol. The summed E-state index contributed by atoms with van der Waals surface area (Å²) in [4.78, 5) is 26.7. The molecule has 1 fully saturated rings. The van der Waals surface area contributed by atoms with Crippen LogP contribution in [0.15, 0.2) is 46.7 Å². The Morgan fingerprint density at radius 1 is 1.14 bits per heavy atom. The van der Waals surface area contributed by atoms with Crippen molar-refractivity contribution in [2.45, 2.75) is 6.54 Å². The van der Waals surface area contributed by atoms with E-state index in [-0.39, 0.29) is 23.5 Å². The molecule has 2 heterocycles. The second kappa shape index (κ2) is 5.83. The smallest absolute Gasteiger partial charge is 0.268 e. The van der Waals surface area contributed by atoms with Crippen molar-refractivity contribution < 1.29 is 14.0 Å². The molecule has 0 N–H and O–H groups in total. The second-order valence-corrected chi connectivity index (χ2v) is 6.38. The number of thioether (sulfide) groups is 1. The van der Waals surface area contributed by atoms with E-state index in [2.05, 4.69) is 0 Å². The van der Waals surface area contributed by atoms with Crippen molar-refractivity contribution >= 4 is 40.3 Å². The standard InChI is InChI=1S/C15H10FNO2S2/c16-11-5-3-10(4-6-11)9-17-14(18)13(21-15(17)19)8-12-2-1-7-20-12/h1-8H,9H2/b13-8-. The molecule has 6 heteroatoms. The molecular weight excluding hydrogens is 309 g/mol. The van der Waals surface area contributed by atoms with Crippen molar-refractivity contribution in [2.75, 3.05) is 0 Å². The number of thiophene rings is 1. The van der Waals surface area contributed by atoms with E-state index in [1.807, 2.05) is 17.5 Å². The Morgan fingerprint density at radius 3 is 2.57 bits per heavy atom. The summed E-state index contributed by atoms with van der Waals surface area (Å²) in [5, 5.41) is 1.61. The molecule has 1 aliphatic heterocycles. The number of carbonyl (C=O) groups is 2. The summed E-state index contributed by atoms with van der Waals surface area (Å²) < 4.78 is 12.9. The molecule has 1 aromatic heterocycles. The maximum atomic E-state index is 12.9. The van der Waals surface area contributed by atoms with E-state index in [1.165, 1.54) is 28.4 Å². The van der Waals surface area contributed by atoms with Crippen LogP contribution >= 0.6 is 23.1 Å². The fourth-order valence-corrected chi connectivity index (χ4v) is 3.47.